The molecule has 9 rings (SSSR count). The Morgan fingerprint density at radius 1 is 0.327 bits per heavy atom. The molecule has 0 fully saturated rings. The van der Waals surface area contributed by atoms with Crippen molar-refractivity contribution in [3.63, 3.8) is 0 Å². The smallest absolute Gasteiger partial charge is 0.0468 e. The van der Waals surface area contributed by atoms with Crippen LogP contribution in [0, 0.1) is 13.8 Å². The molecule has 1 heteroatoms. The van der Waals surface area contributed by atoms with Crippen molar-refractivity contribution < 1.29 is 0 Å². The van der Waals surface area contributed by atoms with Crippen molar-refractivity contribution in [2.75, 3.05) is 4.90 Å². The van der Waals surface area contributed by atoms with Gasteiger partial charge in [-0.25, -0.2) is 0 Å². The molecule has 0 saturated carbocycles. The third-order valence-electron chi connectivity index (χ3n) is 11.5. The Labute approximate surface area is 326 Å². The van der Waals surface area contributed by atoms with E-state index in [1.165, 1.54) is 94.0 Å². The van der Waals surface area contributed by atoms with Gasteiger partial charge in [-0.3, -0.25) is 0 Å². The first-order valence-corrected chi connectivity index (χ1v) is 19.7. The number of nitrogens with zero attached hydrogens (tertiary/aromatic N) is 1. The molecule has 0 radical (unpaired) electrons. The zero-order valence-corrected chi connectivity index (χ0v) is 33.4. The molecule has 0 bridgehead atoms. The second-order valence-corrected chi connectivity index (χ2v) is 17.7. The van der Waals surface area contributed by atoms with Gasteiger partial charge in [-0.15, -0.1) is 0 Å². The molecule has 0 N–H and O–H groups in total. The van der Waals surface area contributed by atoms with Crippen LogP contribution in [0.15, 0.2) is 152 Å². The van der Waals surface area contributed by atoms with E-state index >= 15 is 0 Å². The number of hydrogen-bond donors (Lipinski definition) is 0. The normalized spacial score (nSPS) is 12.4. The SMILES string of the molecule is Cc1cc(C)cc(N(c2ccccc2)c2ccc3cc4c(cc3c2)-c2cc3cc(-c5ccc(C(C)(C)C)cc5)c(-c5ccc(C(C)(C)C)cc5)cc3cc2-4)c1. The van der Waals surface area contributed by atoms with Gasteiger partial charge in [0.25, 0.3) is 0 Å². The minimum absolute atomic E-state index is 0.105. The van der Waals surface area contributed by atoms with Crippen molar-refractivity contribution in [2.45, 2.75) is 66.2 Å². The van der Waals surface area contributed by atoms with Crippen LogP contribution in [0.4, 0.5) is 17.1 Å². The number of benzene rings is 8. The Bertz CT molecular complexity index is 2730. The Morgan fingerprint density at radius 2 is 0.745 bits per heavy atom. The Balaban J connectivity index is 1.16. The summed E-state index contributed by atoms with van der Waals surface area (Å²) in [5.74, 6) is 0. The molecule has 0 spiro atoms. The zero-order chi connectivity index (χ0) is 38.2. The van der Waals surface area contributed by atoms with E-state index in [0.29, 0.717) is 0 Å². The summed E-state index contributed by atoms with van der Waals surface area (Å²) in [6.45, 7) is 18.0. The third-order valence-corrected chi connectivity index (χ3v) is 11.5. The highest BCUT2D eigenvalue weighted by molar-refractivity contribution is 6.13. The third kappa shape index (κ3) is 6.32. The lowest BCUT2D eigenvalue weighted by Gasteiger charge is -2.28. The fourth-order valence-corrected chi connectivity index (χ4v) is 8.48. The molecular weight excluding hydrogens is 663 g/mol. The van der Waals surface area contributed by atoms with Gasteiger partial charge in [-0.1, -0.05) is 120 Å². The minimum Gasteiger partial charge on any atom is -0.310 e. The van der Waals surface area contributed by atoms with Crippen LogP contribution >= 0.6 is 0 Å². The monoisotopic (exact) mass is 711 g/mol. The maximum absolute atomic E-state index is 2.42. The molecule has 1 nitrogen and oxygen atoms in total. The molecule has 8 aromatic rings. The summed E-state index contributed by atoms with van der Waals surface area (Å²) in [4.78, 5) is 2.38. The van der Waals surface area contributed by atoms with Gasteiger partial charge in [0.1, 0.15) is 0 Å². The Morgan fingerprint density at radius 3 is 1.20 bits per heavy atom. The maximum atomic E-state index is 2.42. The first kappa shape index (κ1) is 34.8. The highest BCUT2D eigenvalue weighted by Gasteiger charge is 2.25. The van der Waals surface area contributed by atoms with Gasteiger partial charge < -0.3 is 4.90 Å². The molecule has 0 aliphatic heterocycles. The summed E-state index contributed by atoms with van der Waals surface area (Å²) in [6, 6.07) is 57.4. The molecular formula is C54H49N. The fourth-order valence-electron chi connectivity index (χ4n) is 8.48. The van der Waals surface area contributed by atoms with Gasteiger partial charge >= 0.3 is 0 Å². The topological polar surface area (TPSA) is 3.24 Å². The van der Waals surface area contributed by atoms with Gasteiger partial charge in [0.2, 0.25) is 0 Å². The van der Waals surface area contributed by atoms with E-state index in [1.54, 1.807) is 0 Å². The first-order chi connectivity index (χ1) is 26.3. The second-order valence-electron chi connectivity index (χ2n) is 17.7. The van der Waals surface area contributed by atoms with Crippen LogP contribution in [0.3, 0.4) is 0 Å². The van der Waals surface area contributed by atoms with Crippen molar-refractivity contribution in [3.8, 4) is 44.5 Å². The molecule has 0 atom stereocenters. The van der Waals surface area contributed by atoms with Crippen LogP contribution < -0.4 is 4.90 Å². The van der Waals surface area contributed by atoms with E-state index in [-0.39, 0.29) is 10.8 Å². The van der Waals surface area contributed by atoms with E-state index in [9.17, 15) is 0 Å². The quantitative estimate of drug-likeness (QED) is 0.172. The van der Waals surface area contributed by atoms with Crippen LogP contribution in [0.1, 0.15) is 63.8 Å². The van der Waals surface area contributed by atoms with Gasteiger partial charge in [0.15, 0.2) is 0 Å². The van der Waals surface area contributed by atoms with E-state index in [0.717, 1.165) is 11.4 Å². The highest BCUT2D eigenvalue weighted by Crippen LogP contribution is 2.52. The van der Waals surface area contributed by atoms with E-state index in [4.69, 9.17) is 0 Å². The zero-order valence-electron chi connectivity index (χ0n) is 33.4. The average molecular weight is 712 g/mol. The predicted molar refractivity (Wildman–Crippen MR) is 238 cm³/mol. The van der Waals surface area contributed by atoms with Crippen LogP contribution in [0.5, 0.6) is 0 Å². The molecule has 55 heavy (non-hydrogen) atoms. The molecule has 1 aliphatic carbocycles. The lowest BCUT2D eigenvalue weighted by Crippen LogP contribution is -2.10. The number of fused-ring (bicyclic) bond motifs is 6. The molecule has 1 aliphatic rings. The molecule has 0 heterocycles. The molecule has 0 aromatic heterocycles. The maximum Gasteiger partial charge on any atom is 0.0468 e. The van der Waals surface area contributed by atoms with Crippen LogP contribution in [0.25, 0.3) is 66.1 Å². The van der Waals surface area contributed by atoms with Crippen LogP contribution in [0.2, 0.25) is 0 Å². The number of para-hydroxylation sites is 1. The molecule has 8 aromatic carbocycles. The van der Waals surface area contributed by atoms with E-state index < -0.39 is 0 Å². The predicted octanol–water partition coefficient (Wildman–Crippen LogP) is 15.7. The van der Waals surface area contributed by atoms with Crippen molar-refractivity contribution in [1.82, 2.24) is 0 Å². The van der Waals surface area contributed by atoms with Crippen molar-refractivity contribution in [1.29, 1.82) is 0 Å². The van der Waals surface area contributed by atoms with Gasteiger partial charge in [-0.2, -0.15) is 0 Å². The summed E-state index contributed by atoms with van der Waals surface area (Å²) in [5.41, 5.74) is 19.3. The summed E-state index contributed by atoms with van der Waals surface area (Å²) >= 11 is 0. The Hall–Kier alpha value is -5.92. The van der Waals surface area contributed by atoms with E-state index in [1.807, 2.05) is 0 Å². The van der Waals surface area contributed by atoms with Crippen LogP contribution in [-0.2, 0) is 10.8 Å². The summed E-state index contributed by atoms with van der Waals surface area (Å²) in [5, 5.41) is 5.06. The average Bonchev–Trinajstić information content (AvgIpc) is 3.16. The fraction of sp³-hybridized carbons (Fsp3) is 0.185. The summed E-state index contributed by atoms with van der Waals surface area (Å²) < 4.78 is 0. The summed E-state index contributed by atoms with van der Waals surface area (Å²) in [7, 11) is 0. The minimum atomic E-state index is 0.105. The van der Waals surface area contributed by atoms with Crippen molar-refractivity contribution >= 4 is 38.6 Å². The van der Waals surface area contributed by atoms with Gasteiger partial charge in [0.05, 0.1) is 0 Å². The highest BCUT2D eigenvalue weighted by atomic mass is 15.1. The Kier molecular flexibility index (Phi) is 8.13. The second kappa shape index (κ2) is 12.8. The number of anilines is 3. The lowest BCUT2D eigenvalue weighted by molar-refractivity contribution is 0.590. The molecule has 0 unspecified atom stereocenters. The van der Waals surface area contributed by atoms with Crippen LogP contribution in [-0.4, -0.2) is 0 Å². The molecule has 0 amide bonds. The molecule has 0 saturated heterocycles. The standard InChI is InChI=1S/C54H49N/c1-34-24-35(2)26-46(25-34)55(44-12-10-9-11-13-44)45-23-18-38-28-49-50(31-39(38)27-45)52-33-41-30-48(37-16-21-43(22-17-37)54(6,7)8)47(29-40(41)32-51(49)52)36-14-19-42(20-15-36)53(3,4)5/h9-33H,1-8H3. The van der Waals surface area contributed by atoms with E-state index in [2.05, 4.69) is 212 Å². The lowest BCUT2D eigenvalue weighted by atomic mass is 9.77. The van der Waals surface area contributed by atoms with Crippen molar-refractivity contribution in [2.24, 2.45) is 0 Å². The summed E-state index contributed by atoms with van der Waals surface area (Å²) in [6.07, 6.45) is 0. The number of hydrogen-bond acceptors (Lipinski definition) is 1. The molecule has 270 valence electrons. The number of aryl methyl sites for hydroxylation is 2. The van der Waals surface area contributed by atoms with Gasteiger partial charge in [0, 0.05) is 17.1 Å². The number of rotatable bonds is 5. The first-order valence-electron chi connectivity index (χ1n) is 19.7. The van der Waals surface area contributed by atoms with Crippen molar-refractivity contribution in [3.05, 3.63) is 174 Å². The van der Waals surface area contributed by atoms with Gasteiger partial charge in [-0.05, 0) is 186 Å². The largest absolute Gasteiger partial charge is 0.310 e.